The molecule has 0 aliphatic carbocycles. The highest BCUT2D eigenvalue weighted by molar-refractivity contribution is 7.80. The van der Waals surface area contributed by atoms with E-state index in [0.29, 0.717) is 0 Å². The Kier molecular flexibility index (Phi) is 5.43. The molecule has 0 aromatic rings. The van der Waals surface area contributed by atoms with Crippen LogP contribution in [0.1, 0.15) is 0 Å². The molecular weight excluding hydrogens is 182 g/mol. The van der Waals surface area contributed by atoms with Crippen molar-refractivity contribution in [2.24, 2.45) is 5.73 Å². The van der Waals surface area contributed by atoms with Gasteiger partial charge in [0.1, 0.15) is 12.2 Å². The predicted molar refractivity (Wildman–Crippen MR) is 45.9 cm³/mol. The van der Waals surface area contributed by atoms with Crippen LogP contribution < -0.4 is 5.73 Å². The van der Waals surface area contributed by atoms with E-state index in [1.807, 2.05) is 0 Å². The van der Waals surface area contributed by atoms with Gasteiger partial charge in [0.2, 0.25) is 0 Å². The molecule has 0 aliphatic heterocycles. The number of carbonyl (C=O) groups is 1. The molecule has 0 rings (SSSR count). The summed E-state index contributed by atoms with van der Waals surface area (Å²) in [4.78, 5) is 11.0. The second kappa shape index (κ2) is 5.50. The Hall–Kier alpha value is -0.140. The monoisotopic (exact) mass is 195 g/mol. The lowest BCUT2D eigenvalue weighted by atomic mass is 10.1. The number of carbonyl (C=O) groups excluding carboxylic acids is 1. The minimum Gasteiger partial charge on any atom is -0.394 e. The van der Waals surface area contributed by atoms with Crippen LogP contribution in [0, 0.1) is 0 Å². The van der Waals surface area contributed by atoms with Crippen molar-refractivity contribution < 1.29 is 20.1 Å². The minimum atomic E-state index is -1.63. The molecular formula is C6H13NO4S. The van der Waals surface area contributed by atoms with Crippen molar-refractivity contribution in [3.05, 3.63) is 0 Å². The van der Waals surface area contributed by atoms with Crippen LogP contribution in [0.3, 0.4) is 0 Å². The van der Waals surface area contributed by atoms with E-state index >= 15 is 0 Å². The summed E-state index contributed by atoms with van der Waals surface area (Å²) < 4.78 is 0. The fourth-order valence-corrected chi connectivity index (χ4v) is 0.779. The van der Waals surface area contributed by atoms with Crippen molar-refractivity contribution in [3.63, 3.8) is 0 Å². The van der Waals surface area contributed by atoms with Gasteiger partial charge in [-0.3, -0.25) is 4.79 Å². The summed E-state index contributed by atoms with van der Waals surface area (Å²) >= 11 is 3.75. The average Bonchev–Trinajstić information content (AvgIpc) is 2.12. The molecule has 0 bridgehead atoms. The number of thiol groups is 1. The van der Waals surface area contributed by atoms with Crippen LogP contribution in [0.5, 0.6) is 0 Å². The van der Waals surface area contributed by atoms with E-state index in [2.05, 4.69) is 12.6 Å². The molecule has 0 aromatic carbocycles. The Bertz CT molecular complexity index is 154. The van der Waals surface area contributed by atoms with Gasteiger partial charge in [0.05, 0.1) is 12.6 Å². The van der Waals surface area contributed by atoms with Crippen LogP contribution >= 0.6 is 12.6 Å². The van der Waals surface area contributed by atoms with Gasteiger partial charge in [-0.25, -0.2) is 0 Å². The summed E-state index contributed by atoms with van der Waals surface area (Å²) in [6.07, 6.45) is -3.10. The molecule has 6 heteroatoms. The highest BCUT2D eigenvalue weighted by Gasteiger charge is 2.27. The molecule has 0 saturated carbocycles. The molecule has 0 radical (unpaired) electrons. The fourth-order valence-electron chi connectivity index (χ4n) is 0.599. The molecule has 0 spiro atoms. The molecule has 12 heavy (non-hydrogen) atoms. The number of hydrogen-bond acceptors (Lipinski definition) is 6. The van der Waals surface area contributed by atoms with Crippen molar-refractivity contribution >= 4 is 18.4 Å². The van der Waals surface area contributed by atoms with Crippen molar-refractivity contribution in [3.8, 4) is 0 Å². The fraction of sp³-hybridized carbons (Fsp3) is 0.833. The van der Waals surface area contributed by atoms with Crippen LogP contribution in [0.2, 0.25) is 0 Å². The summed E-state index contributed by atoms with van der Waals surface area (Å²) in [6.45, 7) is -0.674. The van der Waals surface area contributed by atoms with Crippen molar-refractivity contribution in [2.75, 3.05) is 12.4 Å². The maximum absolute atomic E-state index is 11.0. The standard InChI is InChI=1S/C6H13NO4S/c7-3(2-12)5(10)6(11)4(9)1-8/h3-4,6,8-9,11-12H,1-2,7H2/t3-,4+,6+/m0/s1. The Morgan fingerprint density at radius 2 is 2.00 bits per heavy atom. The molecule has 0 saturated heterocycles. The minimum absolute atomic E-state index is 0.0913. The lowest BCUT2D eigenvalue weighted by Crippen LogP contribution is -2.46. The lowest BCUT2D eigenvalue weighted by molar-refractivity contribution is -0.135. The van der Waals surface area contributed by atoms with Crippen LogP contribution in [-0.2, 0) is 4.79 Å². The van der Waals surface area contributed by atoms with Gasteiger partial charge in [0.15, 0.2) is 5.78 Å². The van der Waals surface area contributed by atoms with E-state index in [1.165, 1.54) is 0 Å². The lowest BCUT2D eigenvalue weighted by Gasteiger charge is -2.17. The third-order valence-corrected chi connectivity index (χ3v) is 1.80. The molecule has 0 fully saturated rings. The van der Waals surface area contributed by atoms with Gasteiger partial charge in [-0.05, 0) is 0 Å². The first-order valence-corrected chi connectivity index (χ1v) is 4.05. The van der Waals surface area contributed by atoms with Gasteiger partial charge in [-0.15, -0.1) is 0 Å². The van der Waals surface area contributed by atoms with E-state index < -0.39 is 30.6 Å². The second-order valence-corrected chi connectivity index (χ2v) is 2.75. The number of rotatable bonds is 5. The Morgan fingerprint density at radius 1 is 1.50 bits per heavy atom. The third kappa shape index (κ3) is 3.08. The van der Waals surface area contributed by atoms with Crippen molar-refractivity contribution in [2.45, 2.75) is 18.2 Å². The molecule has 0 unspecified atom stereocenters. The molecule has 0 aromatic heterocycles. The number of ketones is 1. The maximum atomic E-state index is 11.0. The number of nitrogens with two attached hydrogens (primary N) is 1. The molecule has 0 heterocycles. The number of hydrogen-bond donors (Lipinski definition) is 5. The Labute approximate surface area is 75.6 Å². The quantitative estimate of drug-likeness (QED) is 0.313. The third-order valence-electron chi connectivity index (χ3n) is 1.41. The molecule has 5 nitrogen and oxygen atoms in total. The summed E-state index contributed by atoms with van der Waals surface area (Å²) in [5.74, 6) is -0.625. The van der Waals surface area contributed by atoms with Gasteiger partial charge in [0.25, 0.3) is 0 Å². The van der Waals surface area contributed by atoms with Gasteiger partial charge in [-0.1, -0.05) is 0 Å². The zero-order valence-corrected chi connectivity index (χ0v) is 7.32. The maximum Gasteiger partial charge on any atom is 0.181 e. The molecule has 3 atom stereocenters. The van der Waals surface area contributed by atoms with Crippen molar-refractivity contribution in [1.82, 2.24) is 0 Å². The summed E-state index contributed by atoms with van der Waals surface area (Å²) in [6, 6.07) is -0.912. The Balaban J connectivity index is 4.09. The molecule has 0 amide bonds. The summed E-state index contributed by atoms with van der Waals surface area (Å²) in [7, 11) is 0. The van der Waals surface area contributed by atoms with Gasteiger partial charge in [-0.2, -0.15) is 12.6 Å². The predicted octanol–water partition coefficient (Wildman–Crippen LogP) is -2.47. The van der Waals surface area contributed by atoms with E-state index in [4.69, 9.17) is 21.1 Å². The largest absolute Gasteiger partial charge is 0.394 e. The van der Waals surface area contributed by atoms with E-state index in [-0.39, 0.29) is 5.75 Å². The van der Waals surface area contributed by atoms with Crippen LogP contribution in [0.4, 0.5) is 0 Å². The number of Topliss-reactive ketones (excluding diaryl/α,β-unsaturated/α-hetero) is 1. The number of aliphatic hydroxyl groups is 3. The zero-order valence-electron chi connectivity index (χ0n) is 6.42. The van der Waals surface area contributed by atoms with E-state index in [0.717, 1.165) is 0 Å². The highest BCUT2D eigenvalue weighted by Crippen LogP contribution is 1.98. The summed E-state index contributed by atoms with van der Waals surface area (Å²) in [5, 5.41) is 26.2. The first-order valence-electron chi connectivity index (χ1n) is 3.41. The smallest absolute Gasteiger partial charge is 0.181 e. The van der Waals surface area contributed by atoms with Crippen LogP contribution in [-0.4, -0.2) is 51.7 Å². The van der Waals surface area contributed by atoms with E-state index in [1.54, 1.807) is 0 Å². The second-order valence-electron chi connectivity index (χ2n) is 2.39. The van der Waals surface area contributed by atoms with E-state index in [9.17, 15) is 4.79 Å². The number of aliphatic hydroxyl groups excluding tert-OH is 3. The molecule has 0 aliphatic rings. The zero-order chi connectivity index (χ0) is 9.72. The normalized spacial score (nSPS) is 18.4. The average molecular weight is 195 g/mol. The Morgan fingerprint density at radius 3 is 2.33 bits per heavy atom. The van der Waals surface area contributed by atoms with Crippen molar-refractivity contribution in [1.29, 1.82) is 0 Å². The highest BCUT2D eigenvalue weighted by atomic mass is 32.1. The van der Waals surface area contributed by atoms with Gasteiger partial charge in [0, 0.05) is 5.75 Å². The van der Waals surface area contributed by atoms with Gasteiger partial charge < -0.3 is 21.1 Å². The first-order chi connectivity index (χ1) is 5.54. The topological polar surface area (TPSA) is 104 Å². The molecule has 72 valence electrons. The summed E-state index contributed by atoms with van der Waals surface area (Å²) in [5.41, 5.74) is 5.23. The SMILES string of the molecule is N[C@@H](CS)C(=O)[C@H](O)[C@H](O)CO. The molecule has 5 N–H and O–H groups in total. The first kappa shape index (κ1) is 11.9. The van der Waals surface area contributed by atoms with Crippen LogP contribution in [0.15, 0.2) is 0 Å². The van der Waals surface area contributed by atoms with Gasteiger partial charge >= 0.3 is 0 Å². The van der Waals surface area contributed by atoms with Crippen LogP contribution in [0.25, 0.3) is 0 Å².